The van der Waals surface area contributed by atoms with Crippen molar-refractivity contribution in [1.29, 1.82) is 0 Å². The molecule has 0 bridgehead atoms. The fourth-order valence-electron chi connectivity index (χ4n) is 2.67. The first-order valence-corrected chi connectivity index (χ1v) is 8.56. The van der Waals surface area contributed by atoms with Gasteiger partial charge in [-0.3, -0.25) is 4.79 Å². The molecule has 25 heavy (non-hydrogen) atoms. The number of aromatic nitrogens is 2. The smallest absolute Gasteiger partial charge is 0.225 e. The van der Waals surface area contributed by atoms with E-state index in [0.29, 0.717) is 15.6 Å². The Morgan fingerprint density at radius 2 is 1.80 bits per heavy atom. The van der Waals surface area contributed by atoms with Gasteiger partial charge >= 0.3 is 0 Å². The van der Waals surface area contributed by atoms with E-state index < -0.39 is 0 Å². The Morgan fingerprint density at radius 1 is 1.12 bits per heavy atom. The van der Waals surface area contributed by atoms with Crippen LogP contribution in [-0.4, -0.2) is 15.5 Å². The van der Waals surface area contributed by atoms with Gasteiger partial charge in [0.05, 0.1) is 6.42 Å². The third kappa shape index (κ3) is 4.03. The van der Waals surface area contributed by atoms with Crippen LogP contribution in [0.2, 0.25) is 10.0 Å². The summed E-state index contributed by atoms with van der Waals surface area (Å²) in [6.07, 6.45) is 3.66. The number of aryl methyl sites for hydroxylation is 1. The Labute approximate surface area is 156 Å². The summed E-state index contributed by atoms with van der Waals surface area (Å²) in [7, 11) is 1.90. The maximum atomic E-state index is 12.6. The van der Waals surface area contributed by atoms with Crippen LogP contribution in [0.4, 0.5) is 0 Å². The van der Waals surface area contributed by atoms with Crippen molar-refractivity contribution in [3.63, 3.8) is 0 Å². The standard InChI is InChI=1S/C19H17Cl2N3O/c1-24-11-10-22-19(24)18(13-6-3-2-4-7-13)23-17(25)12-14-15(20)8-5-9-16(14)21/h2-11,18H,12H2,1H3,(H,23,25). The van der Waals surface area contributed by atoms with Crippen LogP contribution < -0.4 is 5.32 Å². The van der Waals surface area contributed by atoms with E-state index in [4.69, 9.17) is 23.2 Å². The summed E-state index contributed by atoms with van der Waals surface area (Å²) in [5.41, 5.74) is 1.57. The van der Waals surface area contributed by atoms with E-state index >= 15 is 0 Å². The van der Waals surface area contributed by atoms with Crippen molar-refractivity contribution in [2.45, 2.75) is 12.5 Å². The highest BCUT2D eigenvalue weighted by Crippen LogP contribution is 2.26. The van der Waals surface area contributed by atoms with Gasteiger partial charge in [0, 0.05) is 29.5 Å². The van der Waals surface area contributed by atoms with E-state index in [2.05, 4.69) is 10.3 Å². The van der Waals surface area contributed by atoms with Gasteiger partial charge in [-0.2, -0.15) is 0 Å². The molecule has 3 aromatic rings. The highest BCUT2D eigenvalue weighted by atomic mass is 35.5. The number of nitrogens with zero attached hydrogens (tertiary/aromatic N) is 2. The van der Waals surface area contributed by atoms with Gasteiger partial charge in [0.25, 0.3) is 0 Å². The van der Waals surface area contributed by atoms with E-state index in [1.807, 2.05) is 48.1 Å². The minimum atomic E-state index is -0.352. The summed E-state index contributed by atoms with van der Waals surface area (Å²) in [6, 6.07) is 14.6. The third-order valence-corrected chi connectivity index (χ3v) is 4.66. The van der Waals surface area contributed by atoms with Crippen LogP contribution in [0.25, 0.3) is 0 Å². The molecule has 0 fully saturated rings. The molecule has 1 heterocycles. The summed E-state index contributed by atoms with van der Waals surface area (Å²) < 4.78 is 1.89. The summed E-state index contributed by atoms with van der Waals surface area (Å²) in [6.45, 7) is 0. The molecule has 1 N–H and O–H groups in total. The Balaban J connectivity index is 1.86. The molecule has 0 aliphatic rings. The van der Waals surface area contributed by atoms with Crippen LogP contribution in [0.5, 0.6) is 0 Å². The number of rotatable bonds is 5. The topological polar surface area (TPSA) is 46.9 Å². The second-order valence-corrected chi connectivity index (χ2v) is 6.50. The summed E-state index contributed by atoms with van der Waals surface area (Å²) in [5, 5.41) is 4.00. The van der Waals surface area contributed by atoms with Crippen molar-refractivity contribution in [1.82, 2.24) is 14.9 Å². The van der Waals surface area contributed by atoms with Crippen molar-refractivity contribution in [3.05, 3.63) is 87.9 Å². The number of hydrogen-bond donors (Lipinski definition) is 1. The van der Waals surface area contributed by atoms with Crippen LogP contribution >= 0.6 is 23.2 Å². The molecular weight excluding hydrogens is 357 g/mol. The summed E-state index contributed by atoms with van der Waals surface area (Å²) in [5.74, 6) is 0.580. The molecule has 1 atom stereocenters. The highest BCUT2D eigenvalue weighted by Gasteiger charge is 2.21. The Morgan fingerprint density at radius 3 is 2.40 bits per heavy atom. The average molecular weight is 374 g/mol. The molecule has 6 heteroatoms. The van der Waals surface area contributed by atoms with Gasteiger partial charge in [-0.05, 0) is 23.3 Å². The van der Waals surface area contributed by atoms with E-state index in [0.717, 1.165) is 11.4 Å². The SMILES string of the molecule is Cn1ccnc1C(NC(=O)Cc1c(Cl)cccc1Cl)c1ccccc1. The van der Waals surface area contributed by atoms with Gasteiger partial charge in [0.1, 0.15) is 11.9 Å². The van der Waals surface area contributed by atoms with E-state index in [-0.39, 0.29) is 18.4 Å². The average Bonchev–Trinajstić information content (AvgIpc) is 3.03. The fraction of sp³-hybridized carbons (Fsp3) is 0.158. The number of benzene rings is 2. The number of halogens is 2. The number of carbonyl (C=O) groups excluding carboxylic acids is 1. The van der Waals surface area contributed by atoms with Gasteiger partial charge in [0.2, 0.25) is 5.91 Å². The minimum absolute atomic E-state index is 0.103. The maximum absolute atomic E-state index is 12.6. The number of amides is 1. The number of carbonyl (C=O) groups is 1. The molecule has 0 aliphatic carbocycles. The van der Waals surface area contributed by atoms with Gasteiger partial charge in [0.15, 0.2) is 0 Å². The molecule has 1 unspecified atom stereocenters. The molecule has 0 spiro atoms. The van der Waals surface area contributed by atoms with Gasteiger partial charge in [-0.15, -0.1) is 0 Å². The highest BCUT2D eigenvalue weighted by molar-refractivity contribution is 6.36. The number of imidazole rings is 1. The van der Waals surface area contributed by atoms with Crippen molar-refractivity contribution in [2.24, 2.45) is 7.05 Å². The Hall–Kier alpha value is -2.30. The van der Waals surface area contributed by atoms with Gasteiger partial charge in [-0.1, -0.05) is 59.6 Å². The first-order chi connectivity index (χ1) is 12.1. The van der Waals surface area contributed by atoms with Crippen LogP contribution in [0.1, 0.15) is 23.0 Å². The van der Waals surface area contributed by atoms with Gasteiger partial charge in [-0.25, -0.2) is 4.98 Å². The molecule has 0 saturated carbocycles. The van der Waals surface area contributed by atoms with E-state index in [1.165, 1.54) is 0 Å². The first-order valence-electron chi connectivity index (χ1n) is 7.80. The maximum Gasteiger partial charge on any atom is 0.225 e. The normalized spacial score (nSPS) is 12.0. The molecule has 0 radical (unpaired) electrons. The lowest BCUT2D eigenvalue weighted by molar-refractivity contribution is -0.121. The largest absolute Gasteiger partial charge is 0.342 e. The number of nitrogens with one attached hydrogen (secondary N) is 1. The predicted octanol–water partition coefficient (Wildman–Crippen LogP) is 4.18. The van der Waals surface area contributed by atoms with Crippen molar-refractivity contribution >= 4 is 29.1 Å². The molecular formula is C19H17Cl2N3O. The fourth-order valence-corrected chi connectivity index (χ4v) is 3.20. The monoisotopic (exact) mass is 373 g/mol. The van der Waals surface area contributed by atoms with Crippen LogP contribution in [0.15, 0.2) is 60.9 Å². The molecule has 0 saturated heterocycles. The predicted molar refractivity (Wildman–Crippen MR) is 99.8 cm³/mol. The lowest BCUT2D eigenvalue weighted by Crippen LogP contribution is -2.32. The first kappa shape index (κ1) is 17.5. The van der Waals surface area contributed by atoms with Crippen molar-refractivity contribution in [3.8, 4) is 0 Å². The van der Waals surface area contributed by atoms with Crippen LogP contribution in [-0.2, 0) is 18.3 Å². The van der Waals surface area contributed by atoms with E-state index in [9.17, 15) is 4.79 Å². The van der Waals surface area contributed by atoms with Crippen LogP contribution in [0.3, 0.4) is 0 Å². The summed E-state index contributed by atoms with van der Waals surface area (Å²) in [4.78, 5) is 17.0. The zero-order valence-electron chi connectivity index (χ0n) is 13.6. The lowest BCUT2D eigenvalue weighted by atomic mass is 10.1. The minimum Gasteiger partial charge on any atom is -0.342 e. The molecule has 1 aromatic heterocycles. The quantitative estimate of drug-likeness (QED) is 0.729. The Kier molecular flexibility index (Phi) is 5.41. The third-order valence-electron chi connectivity index (χ3n) is 3.95. The molecule has 2 aromatic carbocycles. The molecule has 3 rings (SSSR count). The Bertz CT molecular complexity index is 857. The second-order valence-electron chi connectivity index (χ2n) is 5.68. The van der Waals surface area contributed by atoms with Crippen molar-refractivity contribution in [2.75, 3.05) is 0 Å². The molecule has 128 valence electrons. The zero-order chi connectivity index (χ0) is 17.8. The second kappa shape index (κ2) is 7.72. The molecule has 1 amide bonds. The lowest BCUT2D eigenvalue weighted by Gasteiger charge is -2.19. The van der Waals surface area contributed by atoms with Crippen LogP contribution in [0, 0.1) is 0 Å². The molecule has 0 aliphatic heterocycles. The zero-order valence-corrected chi connectivity index (χ0v) is 15.1. The van der Waals surface area contributed by atoms with Gasteiger partial charge < -0.3 is 9.88 Å². The van der Waals surface area contributed by atoms with E-state index in [1.54, 1.807) is 24.4 Å². The summed E-state index contributed by atoms with van der Waals surface area (Å²) >= 11 is 12.3. The molecule has 4 nitrogen and oxygen atoms in total. The van der Waals surface area contributed by atoms with Crippen molar-refractivity contribution < 1.29 is 4.79 Å². The number of hydrogen-bond acceptors (Lipinski definition) is 2.